The molecule has 2 aliphatic heterocycles. The maximum Gasteiger partial charge on any atom is 0.508 e. The number of rotatable bonds is 6. The minimum Gasteiger partial charge on any atom is -0.435 e. The second-order valence-corrected chi connectivity index (χ2v) is 8.33. The van der Waals surface area contributed by atoms with Gasteiger partial charge >= 0.3 is 6.16 Å². The molecule has 2 aromatic heterocycles. The van der Waals surface area contributed by atoms with E-state index in [-0.39, 0.29) is 13.2 Å². The van der Waals surface area contributed by atoms with Crippen LogP contribution in [0, 0.1) is 11.3 Å². The van der Waals surface area contributed by atoms with E-state index in [1.165, 1.54) is 6.33 Å². The number of hydrogen-bond acceptors (Lipinski definition) is 10. The van der Waals surface area contributed by atoms with Crippen LogP contribution in [0.15, 0.2) is 23.5 Å². The van der Waals surface area contributed by atoms with Gasteiger partial charge in [0.05, 0.1) is 18.6 Å². The normalized spacial score (nSPS) is 28.1. The molecule has 4 atom stereocenters. The molecule has 0 amide bonds. The van der Waals surface area contributed by atoms with Gasteiger partial charge < -0.3 is 28.6 Å². The molecule has 33 heavy (non-hydrogen) atoms. The number of aliphatic imine (C=N–C) groups is 1. The van der Waals surface area contributed by atoms with Crippen molar-refractivity contribution in [3.05, 3.63) is 24.2 Å². The van der Waals surface area contributed by atoms with E-state index in [9.17, 15) is 10.1 Å². The van der Waals surface area contributed by atoms with Crippen molar-refractivity contribution in [1.29, 1.82) is 5.26 Å². The Hall–Kier alpha value is -3.27. The van der Waals surface area contributed by atoms with Gasteiger partial charge in [0.1, 0.15) is 42.8 Å². The summed E-state index contributed by atoms with van der Waals surface area (Å²) < 4.78 is 29.9. The van der Waals surface area contributed by atoms with Crippen LogP contribution in [0.4, 0.5) is 10.6 Å². The van der Waals surface area contributed by atoms with Gasteiger partial charge in [-0.1, -0.05) is 0 Å². The lowest BCUT2D eigenvalue weighted by Gasteiger charge is -2.28. The fraction of sp³-hybridized carbons (Fsp3) is 0.571. The lowest BCUT2D eigenvalue weighted by Crippen LogP contribution is -2.40. The molecule has 0 spiro atoms. The number of aromatic nitrogens is 3. The zero-order valence-electron chi connectivity index (χ0n) is 19.1. The fourth-order valence-electron chi connectivity index (χ4n) is 4.01. The predicted molar refractivity (Wildman–Crippen MR) is 114 cm³/mol. The molecule has 2 saturated heterocycles. The second kappa shape index (κ2) is 8.58. The van der Waals surface area contributed by atoms with Crippen LogP contribution in [0.1, 0.15) is 26.5 Å². The largest absolute Gasteiger partial charge is 0.508 e. The number of ether oxygens (including phenoxy) is 5. The van der Waals surface area contributed by atoms with Crippen molar-refractivity contribution in [1.82, 2.24) is 19.5 Å². The molecule has 4 rings (SSSR count). The minimum absolute atomic E-state index is 0.167. The first kappa shape index (κ1) is 22.9. The monoisotopic (exact) mass is 458 g/mol. The molecule has 0 saturated carbocycles. The highest BCUT2D eigenvalue weighted by Gasteiger charge is 2.65. The maximum absolute atomic E-state index is 11.7. The van der Waals surface area contributed by atoms with Crippen molar-refractivity contribution in [2.75, 3.05) is 27.3 Å². The molecule has 2 aliphatic rings. The molecule has 0 unspecified atom stereocenters. The molecule has 0 radical (unpaired) electrons. The third-order valence-corrected chi connectivity index (χ3v) is 5.25. The highest BCUT2D eigenvalue weighted by Crippen LogP contribution is 2.49. The molecule has 0 bridgehead atoms. The highest BCUT2D eigenvalue weighted by molar-refractivity contribution is 5.71. The van der Waals surface area contributed by atoms with Crippen LogP contribution in [0.3, 0.4) is 0 Å². The third kappa shape index (κ3) is 4.10. The van der Waals surface area contributed by atoms with E-state index in [0.717, 1.165) is 0 Å². The number of fused-ring (bicyclic) bond motifs is 2. The van der Waals surface area contributed by atoms with Crippen LogP contribution in [-0.2, 0) is 29.3 Å². The Bertz CT molecular complexity index is 1110. The van der Waals surface area contributed by atoms with Gasteiger partial charge in [-0.2, -0.15) is 10.4 Å². The zero-order chi connectivity index (χ0) is 23.8. The molecule has 12 nitrogen and oxygen atoms in total. The number of carbonyl (C=O) groups excluding carboxylic acids is 1. The van der Waals surface area contributed by atoms with E-state index in [1.54, 1.807) is 48.7 Å². The van der Waals surface area contributed by atoms with Crippen molar-refractivity contribution in [2.45, 2.75) is 50.5 Å². The van der Waals surface area contributed by atoms with Crippen molar-refractivity contribution >= 4 is 23.8 Å². The smallest absolute Gasteiger partial charge is 0.435 e. The van der Waals surface area contributed by atoms with Gasteiger partial charge in [0.25, 0.3) is 0 Å². The van der Waals surface area contributed by atoms with Crippen LogP contribution in [-0.4, -0.2) is 83.4 Å². The molecule has 4 heterocycles. The van der Waals surface area contributed by atoms with Gasteiger partial charge in [-0.25, -0.2) is 19.3 Å². The van der Waals surface area contributed by atoms with Crippen LogP contribution < -0.4 is 0 Å². The van der Waals surface area contributed by atoms with Gasteiger partial charge in [-0.3, -0.25) is 0 Å². The summed E-state index contributed by atoms with van der Waals surface area (Å²) in [7, 11) is 3.70. The Morgan fingerprint density at radius 1 is 1.33 bits per heavy atom. The maximum atomic E-state index is 11.7. The summed E-state index contributed by atoms with van der Waals surface area (Å²) in [5.41, 5.74) is -0.562. The molecule has 0 aliphatic carbocycles. The van der Waals surface area contributed by atoms with E-state index >= 15 is 0 Å². The number of hydrogen-bond donors (Lipinski definition) is 0. The van der Waals surface area contributed by atoms with Crippen LogP contribution >= 0.6 is 0 Å². The fourth-order valence-corrected chi connectivity index (χ4v) is 4.01. The average Bonchev–Trinajstić information content (AvgIpc) is 3.41. The summed E-state index contributed by atoms with van der Waals surface area (Å²) in [4.78, 5) is 22.1. The molecular formula is C21H26N6O6. The second-order valence-electron chi connectivity index (χ2n) is 8.33. The summed E-state index contributed by atoms with van der Waals surface area (Å²) in [5.74, 6) is -0.536. The van der Waals surface area contributed by atoms with E-state index in [2.05, 4.69) is 21.1 Å². The minimum atomic E-state index is -1.58. The van der Waals surface area contributed by atoms with Crippen molar-refractivity contribution in [3.63, 3.8) is 0 Å². The highest BCUT2D eigenvalue weighted by atomic mass is 16.8. The molecular weight excluding hydrogens is 432 g/mol. The van der Waals surface area contributed by atoms with Gasteiger partial charge in [0.15, 0.2) is 11.6 Å². The van der Waals surface area contributed by atoms with E-state index in [4.69, 9.17) is 23.7 Å². The van der Waals surface area contributed by atoms with E-state index in [0.29, 0.717) is 17.0 Å². The molecule has 176 valence electrons. The topological polar surface area (TPSA) is 133 Å². The first-order chi connectivity index (χ1) is 15.7. The third-order valence-electron chi connectivity index (χ3n) is 5.25. The predicted octanol–water partition coefficient (Wildman–Crippen LogP) is 1.76. The Kier molecular flexibility index (Phi) is 5.96. The Morgan fingerprint density at radius 2 is 2.12 bits per heavy atom. The van der Waals surface area contributed by atoms with Crippen LogP contribution in [0.2, 0.25) is 0 Å². The molecule has 12 heteroatoms. The first-order valence-corrected chi connectivity index (χ1v) is 10.5. The van der Waals surface area contributed by atoms with E-state index in [1.807, 2.05) is 14.1 Å². The number of nitriles is 1. The number of carbonyl (C=O) groups is 1. The van der Waals surface area contributed by atoms with Crippen molar-refractivity contribution in [3.8, 4) is 6.07 Å². The average molecular weight is 458 g/mol. The summed E-state index contributed by atoms with van der Waals surface area (Å²) in [6.45, 7) is 5.20. The van der Waals surface area contributed by atoms with Gasteiger partial charge in [0.2, 0.25) is 5.60 Å². The van der Waals surface area contributed by atoms with Crippen molar-refractivity contribution < 1.29 is 28.5 Å². The lowest BCUT2D eigenvalue weighted by molar-refractivity contribution is -0.205. The molecule has 0 N–H and O–H groups in total. The Morgan fingerprint density at radius 3 is 2.82 bits per heavy atom. The summed E-state index contributed by atoms with van der Waals surface area (Å²) in [6.07, 6.45) is -0.0685. The summed E-state index contributed by atoms with van der Waals surface area (Å²) >= 11 is 0. The standard InChI is InChI=1S/C21H26N6O6/c1-6-29-19(28)30-9-14-16-17(33-20(2,3)32-16)21(10-22,31-14)15-8-7-13-18(24-12-26(4)5)23-11-25-27(13)15/h7-8,11-12,14,16-17H,6,9H2,1-5H3/t14-,16-,17-,21+/m1/s1. The van der Waals surface area contributed by atoms with Gasteiger partial charge in [-0.15, -0.1) is 0 Å². The van der Waals surface area contributed by atoms with Crippen LogP contribution in [0.25, 0.3) is 5.52 Å². The first-order valence-electron chi connectivity index (χ1n) is 10.5. The summed E-state index contributed by atoms with van der Waals surface area (Å²) in [6, 6.07) is 5.75. The Labute approximate surface area is 190 Å². The lowest BCUT2D eigenvalue weighted by atomic mass is 9.92. The quantitative estimate of drug-likeness (QED) is 0.358. The molecule has 2 aromatic rings. The molecule has 2 fully saturated rings. The Balaban J connectivity index is 1.73. The van der Waals surface area contributed by atoms with Crippen molar-refractivity contribution in [2.24, 2.45) is 4.99 Å². The zero-order valence-corrected chi connectivity index (χ0v) is 19.1. The summed E-state index contributed by atoms with van der Waals surface area (Å²) in [5, 5.41) is 14.7. The van der Waals surface area contributed by atoms with Gasteiger partial charge in [0, 0.05) is 14.1 Å². The number of nitrogens with zero attached hydrogens (tertiary/aromatic N) is 6. The van der Waals surface area contributed by atoms with Gasteiger partial charge in [-0.05, 0) is 32.9 Å². The van der Waals surface area contributed by atoms with E-state index < -0.39 is 35.9 Å². The van der Waals surface area contributed by atoms with Crippen LogP contribution in [0.5, 0.6) is 0 Å². The molecule has 0 aromatic carbocycles. The SMILES string of the molecule is CCOC(=O)OC[C@H]1O[C@@](C#N)(c2ccc3c(N=CN(C)C)ncnn23)[C@@H]2OC(C)(C)O[C@@H]21.